The molecule has 1 aliphatic heterocycles. The monoisotopic (exact) mass is 372 g/mol. The van der Waals surface area contributed by atoms with E-state index in [0.29, 0.717) is 17.9 Å². The third-order valence-electron chi connectivity index (χ3n) is 4.75. The number of anilines is 1. The predicted octanol–water partition coefficient (Wildman–Crippen LogP) is 4.95. The van der Waals surface area contributed by atoms with Gasteiger partial charge in [0, 0.05) is 11.3 Å². The van der Waals surface area contributed by atoms with E-state index in [0.717, 1.165) is 17.0 Å². The van der Waals surface area contributed by atoms with E-state index >= 15 is 0 Å². The fraction of sp³-hybridized carbons (Fsp3) is 0.174. The fourth-order valence-corrected chi connectivity index (χ4v) is 3.48. The number of hydrogen-bond donors (Lipinski definition) is 1. The molecule has 0 fully saturated rings. The molecule has 0 radical (unpaired) electrons. The van der Waals surface area contributed by atoms with Crippen LogP contribution in [-0.4, -0.2) is 11.7 Å². The zero-order valence-electron chi connectivity index (χ0n) is 15.4. The molecule has 1 aliphatic rings. The predicted molar refractivity (Wildman–Crippen MR) is 106 cm³/mol. The van der Waals surface area contributed by atoms with Gasteiger partial charge in [0.2, 0.25) is 6.23 Å². The van der Waals surface area contributed by atoms with Gasteiger partial charge in [-0.05, 0) is 49.4 Å². The van der Waals surface area contributed by atoms with Crippen LogP contribution in [0.2, 0.25) is 0 Å². The number of para-hydroxylation sites is 2. The Balaban J connectivity index is 1.85. The van der Waals surface area contributed by atoms with Crippen LogP contribution in [0.4, 0.5) is 5.69 Å². The summed E-state index contributed by atoms with van der Waals surface area (Å²) in [6, 6.07) is 23.9. The Hall–Kier alpha value is -3.65. The van der Waals surface area contributed by atoms with Crippen molar-refractivity contribution in [2.75, 3.05) is 11.5 Å². The number of hydrogen-bond acceptors (Lipinski definition) is 5. The highest BCUT2D eigenvalue weighted by Gasteiger charge is 2.38. The van der Waals surface area contributed by atoms with Crippen molar-refractivity contribution in [2.45, 2.75) is 19.2 Å². The molecule has 0 aliphatic carbocycles. The summed E-state index contributed by atoms with van der Waals surface area (Å²) in [6.45, 7) is 2.52. The van der Waals surface area contributed by atoms with Crippen molar-refractivity contribution < 1.29 is 14.6 Å². The second-order valence-electron chi connectivity index (χ2n) is 6.43. The Morgan fingerprint density at radius 3 is 2.36 bits per heavy atom. The summed E-state index contributed by atoms with van der Waals surface area (Å²) in [4.78, 5) is 1.88. The van der Waals surface area contributed by atoms with Crippen molar-refractivity contribution in [3.05, 3.63) is 83.9 Å². The summed E-state index contributed by atoms with van der Waals surface area (Å²) in [5.41, 5.74) is 2.20. The molecule has 0 unspecified atom stereocenters. The Labute approximate surface area is 164 Å². The van der Waals surface area contributed by atoms with Gasteiger partial charge in [0.25, 0.3) is 0 Å². The van der Waals surface area contributed by atoms with E-state index in [2.05, 4.69) is 6.07 Å². The fourth-order valence-electron chi connectivity index (χ4n) is 3.48. The van der Waals surface area contributed by atoms with E-state index in [4.69, 9.17) is 9.47 Å². The molecule has 0 saturated carbocycles. The molecule has 0 amide bonds. The minimum Gasteiger partial charge on any atom is -0.507 e. The number of phenolic OH excluding ortho intramolecular Hbond substituents is 1. The van der Waals surface area contributed by atoms with Crippen LogP contribution < -0.4 is 14.4 Å². The summed E-state index contributed by atoms with van der Waals surface area (Å²) in [5.74, 6) is 1.53. The normalized spacial score (nSPS) is 17.9. The lowest BCUT2D eigenvalue weighted by Crippen LogP contribution is -2.39. The summed E-state index contributed by atoms with van der Waals surface area (Å²) in [7, 11) is 0. The van der Waals surface area contributed by atoms with Gasteiger partial charge in [-0.25, -0.2) is 0 Å². The molecule has 5 heteroatoms. The van der Waals surface area contributed by atoms with Gasteiger partial charge >= 0.3 is 0 Å². The largest absolute Gasteiger partial charge is 0.507 e. The van der Waals surface area contributed by atoms with Crippen LogP contribution in [0.15, 0.2) is 72.8 Å². The highest BCUT2D eigenvalue weighted by molar-refractivity contribution is 5.59. The highest BCUT2D eigenvalue weighted by atomic mass is 16.5. The average Bonchev–Trinajstić information content (AvgIpc) is 2.73. The number of ether oxygens (including phenoxy) is 2. The van der Waals surface area contributed by atoms with Crippen molar-refractivity contribution in [3.63, 3.8) is 0 Å². The van der Waals surface area contributed by atoms with Crippen LogP contribution in [0, 0.1) is 11.3 Å². The molecular weight excluding hydrogens is 352 g/mol. The quantitative estimate of drug-likeness (QED) is 0.702. The van der Waals surface area contributed by atoms with Crippen molar-refractivity contribution in [1.29, 1.82) is 5.26 Å². The lowest BCUT2D eigenvalue weighted by molar-refractivity contribution is 0.168. The first kappa shape index (κ1) is 17.7. The molecular formula is C23H20N2O3. The Morgan fingerprint density at radius 1 is 1.00 bits per heavy atom. The lowest BCUT2D eigenvalue weighted by Gasteiger charge is -2.41. The Kier molecular flexibility index (Phi) is 4.77. The maximum Gasteiger partial charge on any atom is 0.203 e. The van der Waals surface area contributed by atoms with Gasteiger partial charge in [0.05, 0.1) is 18.2 Å². The number of nitrogens with zero attached hydrogens (tertiary/aromatic N) is 2. The third kappa shape index (κ3) is 3.10. The molecule has 5 nitrogen and oxygen atoms in total. The second kappa shape index (κ2) is 7.53. The molecule has 4 rings (SSSR count). The van der Waals surface area contributed by atoms with Crippen LogP contribution in [0.3, 0.4) is 0 Å². The molecule has 0 bridgehead atoms. The van der Waals surface area contributed by atoms with Crippen LogP contribution in [0.1, 0.15) is 30.3 Å². The number of fused-ring (bicyclic) bond motifs is 1. The summed E-state index contributed by atoms with van der Waals surface area (Å²) >= 11 is 0. The molecule has 3 aromatic rings. The maximum absolute atomic E-state index is 10.4. The Morgan fingerprint density at radius 2 is 1.68 bits per heavy atom. The zero-order valence-corrected chi connectivity index (χ0v) is 15.4. The van der Waals surface area contributed by atoms with Crippen LogP contribution in [0.5, 0.6) is 17.2 Å². The molecule has 2 atom stereocenters. The highest BCUT2D eigenvalue weighted by Crippen LogP contribution is 2.46. The number of aromatic hydroxyl groups is 1. The Bertz CT molecular complexity index is 1010. The van der Waals surface area contributed by atoms with Crippen LogP contribution >= 0.6 is 0 Å². The minimum atomic E-state index is -0.640. The average molecular weight is 372 g/mol. The molecule has 0 spiro atoms. The molecule has 28 heavy (non-hydrogen) atoms. The zero-order chi connectivity index (χ0) is 19.5. The minimum absolute atomic E-state index is 0.125. The van der Waals surface area contributed by atoms with Crippen molar-refractivity contribution >= 4 is 5.69 Å². The number of benzene rings is 3. The molecule has 140 valence electrons. The van der Waals surface area contributed by atoms with Crippen molar-refractivity contribution in [2.24, 2.45) is 0 Å². The van der Waals surface area contributed by atoms with E-state index in [-0.39, 0.29) is 5.75 Å². The standard InChI is InChI=1S/C23H20N2O3/c1-2-27-17-13-11-16(12-14-17)25-20(15-24)18-7-4-6-10-22(18)28-23(25)19-8-3-5-9-21(19)26/h3-14,20,23,26H,2H2,1H3/t20-,23+/m0/s1. The molecule has 1 N–H and O–H groups in total. The van der Waals surface area contributed by atoms with Crippen LogP contribution in [-0.2, 0) is 0 Å². The van der Waals surface area contributed by atoms with E-state index in [9.17, 15) is 10.4 Å². The van der Waals surface area contributed by atoms with E-state index in [1.54, 1.807) is 12.1 Å². The topological polar surface area (TPSA) is 65.7 Å². The smallest absolute Gasteiger partial charge is 0.203 e. The van der Waals surface area contributed by atoms with E-state index in [1.807, 2.05) is 72.5 Å². The van der Waals surface area contributed by atoms with Crippen LogP contribution in [0.25, 0.3) is 0 Å². The first-order valence-electron chi connectivity index (χ1n) is 9.17. The van der Waals surface area contributed by atoms with Gasteiger partial charge in [-0.1, -0.05) is 30.3 Å². The van der Waals surface area contributed by atoms with Crippen molar-refractivity contribution in [3.8, 4) is 23.3 Å². The first-order chi connectivity index (χ1) is 13.7. The summed E-state index contributed by atoms with van der Waals surface area (Å²) in [5, 5.41) is 20.4. The van der Waals surface area contributed by atoms with E-state index < -0.39 is 12.3 Å². The van der Waals surface area contributed by atoms with Gasteiger partial charge in [-0.2, -0.15) is 5.26 Å². The van der Waals surface area contributed by atoms with Gasteiger partial charge in [0.1, 0.15) is 23.3 Å². The van der Waals surface area contributed by atoms with Crippen molar-refractivity contribution in [1.82, 2.24) is 0 Å². The van der Waals surface area contributed by atoms with E-state index in [1.165, 1.54) is 0 Å². The second-order valence-corrected chi connectivity index (χ2v) is 6.43. The molecule has 3 aromatic carbocycles. The SMILES string of the molecule is CCOc1ccc(N2[C@@H](c3ccccc3O)Oc3ccccc3[C@@H]2C#N)cc1. The summed E-state index contributed by atoms with van der Waals surface area (Å²) in [6.07, 6.45) is -0.640. The molecule has 0 saturated heterocycles. The first-order valence-corrected chi connectivity index (χ1v) is 9.17. The third-order valence-corrected chi connectivity index (χ3v) is 4.75. The van der Waals surface area contributed by atoms with Gasteiger partial charge in [-0.3, -0.25) is 0 Å². The number of rotatable bonds is 4. The molecule has 0 aromatic heterocycles. The van der Waals surface area contributed by atoms with Gasteiger partial charge in [0.15, 0.2) is 0 Å². The number of nitriles is 1. The molecule has 1 heterocycles. The maximum atomic E-state index is 10.4. The van der Waals surface area contributed by atoms with Gasteiger partial charge < -0.3 is 19.5 Å². The number of phenols is 1. The summed E-state index contributed by atoms with van der Waals surface area (Å²) < 4.78 is 11.8. The van der Waals surface area contributed by atoms with Gasteiger partial charge in [-0.15, -0.1) is 0 Å². The lowest BCUT2D eigenvalue weighted by atomic mass is 9.99.